The van der Waals surface area contributed by atoms with Crippen molar-refractivity contribution >= 4 is 0 Å². The maximum Gasteiger partial charge on any atom is 0.0270 e. The molecule has 1 nitrogen and oxygen atoms in total. The van der Waals surface area contributed by atoms with Crippen LogP contribution in [-0.2, 0) is 5.41 Å². The van der Waals surface area contributed by atoms with Gasteiger partial charge in [-0.3, -0.25) is 4.98 Å². The summed E-state index contributed by atoms with van der Waals surface area (Å²) in [6.45, 7) is 4.77. The van der Waals surface area contributed by atoms with E-state index < -0.39 is 0 Å². The van der Waals surface area contributed by atoms with Crippen LogP contribution in [-0.4, -0.2) is 4.98 Å². The van der Waals surface area contributed by atoms with E-state index in [1.165, 1.54) is 37.7 Å². The highest BCUT2D eigenvalue weighted by atomic mass is 14.6. The highest BCUT2D eigenvalue weighted by Gasteiger charge is 2.31. The molecule has 1 heteroatoms. The van der Waals surface area contributed by atoms with Crippen LogP contribution >= 0.6 is 0 Å². The van der Waals surface area contributed by atoms with Crippen LogP contribution in [0, 0.1) is 5.92 Å². The second-order valence-electron chi connectivity index (χ2n) is 5.29. The zero-order valence-electron chi connectivity index (χ0n) is 9.87. The average Bonchev–Trinajstić information content (AvgIpc) is 2.31. The summed E-state index contributed by atoms with van der Waals surface area (Å²) < 4.78 is 0. The molecule has 1 aliphatic rings. The van der Waals surface area contributed by atoms with Gasteiger partial charge in [0.25, 0.3) is 0 Å². The fourth-order valence-corrected chi connectivity index (χ4v) is 2.84. The van der Waals surface area contributed by atoms with Gasteiger partial charge in [-0.25, -0.2) is 0 Å². The van der Waals surface area contributed by atoms with Gasteiger partial charge in [-0.1, -0.05) is 33.1 Å². The molecule has 0 aromatic carbocycles. The summed E-state index contributed by atoms with van der Waals surface area (Å²) in [5.74, 6) is 0.855. The SMILES string of the molecule is CC(C)(c1ccncc1)C1CCCCC1. The van der Waals surface area contributed by atoms with Crippen molar-refractivity contribution in [1.82, 2.24) is 4.98 Å². The van der Waals surface area contributed by atoms with Gasteiger partial charge in [0.15, 0.2) is 0 Å². The first kappa shape index (κ1) is 10.7. The van der Waals surface area contributed by atoms with Crippen LogP contribution in [0.15, 0.2) is 24.5 Å². The Labute approximate surface area is 92.9 Å². The van der Waals surface area contributed by atoms with E-state index in [1.807, 2.05) is 12.4 Å². The summed E-state index contributed by atoms with van der Waals surface area (Å²) in [5, 5.41) is 0. The summed E-state index contributed by atoms with van der Waals surface area (Å²) in [6.07, 6.45) is 10.9. The van der Waals surface area contributed by atoms with Gasteiger partial charge in [0.05, 0.1) is 0 Å². The minimum Gasteiger partial charge on any atom is -0.265 e. The van der Waals surface area contributed by atoms with E-state index in [1.54, 1.807) is 0 Å². The summed E-state index contributed by atoms with van der Waals surface area (Å²) in [7, 11) is 0. The quantitative estimate of drug-likeness (QED) is 0.709. The van der Waals surface area contributed by atoms with E-state index in [4.69, 9.17) is 0 Å². The molecule has 0 N–H and O–H groups in total. The number of rotatable bonds is 2. The monoisotopic (exact) mass is 203 g/mol. The third kappa shape index (κ3) is 2.22. The molecule has 0 saturated heterocycles. The Bertz CT molecular complexity index is 296. The molecule has 0 unspecified atom stereocenters. The Morgan fingerprint density at radius 1 is 1.07 bits per heavy atom. The largest absolute Gasteiger partial charge is 0.265 e. The molecule has 0 bridgehead atoms. The van der Waals surface area contributed by atoms with Crippen LogP contribution in [0.25, 0.3) is 0 Å². The standard InChI is InChI=1S/C14H21N/c1-14(2,12-6-4-3-5-7-12)13-8-10-15-11-9-13/h8-12H,3-7H2,1-2H3. The van der Waals surface area contributed by atoms with Gasteiger partial charge < -0.3 is 0 Å². The first-order valence-electron chi connectivity index (χ1n) is 6.12. The number of hydrogen-bond donors (Lipinski definition) is 0. The van der Waals surface area contributed by atoms with Gasteiger partial charge >= 0.3 is 0 Å². The van der Waals surface area contributed by atoms with Crippen molar-refractivity contribution in [1.29, 1.82) is 0 Å². The lowest BCUT2D eigenvalue weighted by atomic mass is 9.68. The number of nitrogens with zero attached hydrogens (tertiary/aromatic N) is 1. The van der Waals surface area contributed by atoms with Gasteiger partial charge in [0, 0.05) is 12.4 Å². The Kier molecular flexibility index (Phi) is 3.08. The molecule has 1 saturated carbocycles. The molecule has 0 radical (unpaired) electrons. The Morgan fingerprint density at radius 2 is 1.67 bits per heavy atom. The molecular weight excluding hydrogens is 182 g/mol. The van der Waals surface area contributed by atoms with Crippen molar-refractivity contribution in [3.8, 4) is 0 Å². The molecule has 0 spiro atoms. The Balaban J connectivity index is 2.18. The predicted molar refractivity (Wildman–Crippen MR) is 63.8 cm³/mol. The van der Waals surface area contributed by atoms with Crippen molar-refractivity contribution in [3.63, 3.8) is 0 Å². The van der Waals surface area contributed by atoms with Crippen LogP contribution in [0.5, 0.6) is 0 Å². The fraction of sp³-hybridized carbons (Fsp3) is 0.643. The number of pyridine rings is 1. The Hall–Kier alpha value is -0.850. The minimum absolute atomic E-state index is 0.323. The minimum atomic E-state index is 0.323. The van der Waals surface area contributed by atoms with Crippen LogP contribution in [0.2, 0.25) is 0 Å². The third-order valence-corrected chi connectivity index (χ3v) is 4.05. The molecule has 1 aliphatic carbocycles. The summed E-state index contributed by atoms with van der Waals surface area (Å²) in [5.41, 5.74) is 1.77. The molecule has 1 fully saturated rings. The zero-order valence-corrected chi connectivity index (χ0v) is 9.87. The lowest BCUT2D eigenvalue weighted by Gasteiger charge is -2.37. The smallest absolute Gasteiger partial charge is 0.0270 e. The van der Waals surface area contributed by atoms with Gasteiger partial charge in [0.2, 0.25) is 0 Å². The van der Waals surface area contributed by atoms with Gasteiger partial charge in [-0.05, 0) is 41.9 Å². The predicted octanol–water partition coefficient (Wildman–Crippen LogP) is 3.94. The summed E-state index contributed by atoms with van der Waals surface area (Å²) >= 11 is 0. The fourth-order valence-electron chi connectivity index (χ4n) is 2.84. The second-order valence-corrected chi connectivity index (χ2v) is 5.29. The third-order valence-electron chi connectivity index (χ3n) is 4.05. The van der Waals surface area contributed by atoms with Crippen LogP contribution in [0.1, 0.15) is 51.5 Å². The summed E-state index contributed by atoms with van der Waals surface area (Å²) in [4.78, 5) is 4.10. The molecule has 2 rings (SSSR count). The lowest BCUT2D eigenvalue weighted by molar-refractivity contribution is 0.236. The highest BCUT2D eigenvalue weighted by Crippen LogP contribution is 2.40. The van der Waals surface area contributed by atoms with E-state index in [-0.39, 0.29) is 0 Å². The number of hydrogen-bond acceptors (Lipinski definition) is 1. The van der Waals surface area contributed by atoms with E-state index in [2.05, 4.69) is 31.0 Å². The average molecular weight is 203 g/mol. The topological polar surface area (TPSA) is 12.9 Å². The summed E-state index contributed by atoms with van der Waals surface area (Å²) in [6, 6.07) is 4.35. The zero-order chi connectivity index (χ0) is 10.7. The molecule has 0 atom stereocenters. The van der Waals surface area contributed by atoms with Crippen molar-refractivity contribution in [2.24, 2.45) is 5.92 Å². The van der Waals surface area contributed by atoms with Crippen molar-refractivity contribution in [2.75, 3.05) is 0 Å². The molecular formula is C14H21N. The van der Waals surface area contributed by atoms with Gasteiger partial charge in [0.1, 0.15) is 0 Å². The van der Waals surface area contributed by atoms with Gasteiger partial charge in [-0.15, -0.1) is 0 Å². The first-order chi connectivity index (χ1) is 7.21. The lowest BCUT2D eigenvalue weighted by Crippen LogP contribution is -2.30. The van der Waals surface area contributed by atoms with E-state index in [0.717, 1.165) is 5.92 Å². The first-order valence-corrected chi connectivity index (χ1v) is 6.12. The normalized spacial score (nSPS) is 19.1. The van der Waals surface area contributed by atoms with Gasteiger partial charge in [-0.2, -0.15) is 0 Å². The van der Waals surface area contributed by atoms with Crippen molar-refractivity contribution < 1.29 is 0 Å². The molecule has 1 aromatic rings. The molecule has 0 amide bonds. The maximum atomic E-state index is 4.10. The van der Waals surface area contributed by atoms with E-state index in [0.29, 0.717) is 5.41 Å². The number of aromatic nitrogens is 1. The highest BCUT2D eigenvalue weighted by molar-refractivity contribution is 5.21. The molecule has 1 aromatic heterocycles. The van der Waals surface area contributed by atoms with E-state index >= 15 is 0 Å². The van der Waals surface area contributed by atoms with E-state index in [9.17, 15) is 0 Å². The van der Waals surface area contributed by atoms with Crippen LogP contribution < -0.4 is 0 Å². The van der Waals surface area contributed by atoms with Crippen molar-refractivity contribution in [3.05, 3.63) is 30.1 Å². The molecule has 82 valence electrons. The van der Waals surface area contributed by atoms with Crippen LogP contribution in [0.3, 0.4) is 0 Å². The molecule has 15 heavy (non-hydrogen) atoms. The van der Waals surface area contributed by atoms with Crippen molar-refractivity contribution in [2.45, 2.75) is 51.4 Å². The Morgan fingerprint density at radius 3 is 2.27 bits per heavy atom. The maximum absolute atomic E-state index is 4.10. The van der Waals surface area contributed by atoms with Crippen LogP contribution in [0.4, 0.5) is 0 Å². The molecule has 1 heterocycles. The molecule has 0 aliphatic heterocycles. The second kappa shape index (κ2) is 4.34.